The van der Waals surface area contributed by atoms with Crippen molar-refractivity contribution in [2.24, 2.45) is 11.8 Å². The molecule has 0 aromatic heterocycles. The Morgan fingerprint density at radius 3 is 0.821 bits per heavy atom. The van der Waals surface area contributed by atoms with Crippen LogP contribution in [0.25, 0.3) is 0 Å². The van der Waals surface area contributed by atoms with Gasteiger partial charge < -0.3 is 0 Å². The summed E-state index contributed by atoms with van der Waals surface area (Å²) in [6.45, 7) is 9.42. The molecular formula is C28H58. The fourth-order valence-electron chi connectivity index (χ4n) is 4.72. The maximum Gasteiger partial charge on any atom is -0.0417 e. The fraction of sp³-hybridized carbons (Fsp3) is 1.00. The van der Waals surface area contributed by atoms with Gasteiger partial charge in [0.15, 0.2) is 0 Å². The maximum atomic E-state index is 2.38. The van der Waals surface area contributed by atoms with Gasteiger partial charge in [-0.05, 0) is 11.8 Å². The smallest absolute Gasteiger partial charge is 0.0417 e. The molecule has 2 atom stereocenters. The molecule has 0 aromatic rings. The second-order valence-electron chi connectivity index (χ2n) is 9.65. The summed E-state index contributed by atoms with van der Waals surface area (Å²) < 4.78 is 0. The standard InChI is InChI=1S/C28H58/c1-5-9-23-27(7-3)25-21-19-17-15-13-11-12-14-16-18-20-22-26-28(8-4)24-10-6-2/h27-28H,5-26H2,1-4H3. The lowest BCUT2D eigenvalue weighted by atomic mass is 9.93. The maximum absolute atomic E-state index is 2.38. The molecule has 0 aliphatic heterocycles. The van der Waals surface area contributed by atoms with Crippen LogP contribution in [0.1, 0.15) is 169 Å². The van der Waals surface area contributed by atoms with Gasteiger partial charge >= 0.3 is 0 Å². The number of rotatable bonds is 23. The van der Waals surface area contributed by atoms with Crippen LogP contribution in [0.2, 0.25) is 0 Å². The van der Waals surface area contributed by atoms with Crippen LogP contribution in [0, 0.1) is 11.8 Å². The summed E-state index contributed by atoms with van der Waals surface area (Å²) in [6.07, 6.45) is 32.2. The Morgan fingerprint density at radius 1 is 0.321 bits per heavy atom. The molecule has 2 unspecified atom stereocenters. The molecule has 0 saturated heterocycles. The lowest BCUT2D eigenvalue weighted by molar-refractivity contribution is 0.398. The third-order valence-electron chi connectivity index (χ3n) is 7.06. The van der Waals surface area contributed by atoms with E-state index in [1.807, 2.05) is 0 Å². The summed E-state index contributed by atoms with van der Waals surface area (Å²) >= 11 is 0. The summed E-state index contributed by atoms with van der Waals surface area (Å²) in [7, 11) is 0. The molecule has 0 rings (SSSR count). The highest BCUT2D eigenvalue weighted by Gasteiger charge is 2.06. The van der Waals surface area contributed by atoms with E-state index >= 15 is 0 Å². The summed E-state index contributed by atoms with van der Waals surface area (Å²) in [5.74, 6) is 2.04. The minimum absolute atomic E-state index is 1.02. The monoisotopic (exact) mass is 394 g/mol. The SMILES string of the molecule is CCCCC(CC)CCCCCCCCCCCCCCC(CC)CCCC. The largest absolute Gasteiger partial charge is 0.0654 e. The van der Waals surface area contributed by atoms with Crippen LogP contribution >= 0.6 is 0 Å². The zero-order chi connectivity index (χ0) is 20.7. The molecule has 0 amide bonds. The number of hydrogen-bond donors (Lipinski definition) is 0. The van der Waals surface area contributed by atoms with E-state index in [1.54, 1.807) is 0 Å². The third kappa shape index (κ3) is 19.3. The summed E-state index contributed by atoms with van der Waals surface area (Å²) in [4.78, 5) is 0. The van der Waals surface area contributed by atoms with Gasteiger partial charge in [-0.15, -0.1) is 0 Å². The lowest BCUT2D eigenvalue weighted by Gasteiger charge is -2.14. The van der Waals surface area contributed by atoms with E-state index < -0.39 is 0 Å². The van der Waals surface area contributed by atoms with Crippen molar-refractivity contribution in [3.8, 4) is 0 Å². The topological polar surface area (TPSA) is 0 Å². The zero-order valence-electron chi connectivity index (χ0n) is 20.7. The lowest BCUT2D eigenvalue weighted by Crippen LogP contribution is -1.98. The van der Waals surface area contributed by atoms with Crippen molar-refractivity contribution in [3.63, 3.8) is 0 Å². The fourth-order valence-corrected chi connectivity index (χ4v) is 4.72. The van der Waals surface area contributed by atoms with Crippen molar-refractivity contribution in [1.29, 1.82) is 0 Å². The molecule has 0 aromatic carbocycles. The highest BCUT2D eigenvalue weighted by Crippen LogP contribution is 2.22. The van der Waals surface area contributed by atoms with Gasteiger partial charge in [-0.2, -0.15) is 0 Å². The van der Waals surface area contributed by atoms with E-state index in [2.05, 4.69) is 27.7 Å². The van der Waals surface area contributed by atoms with Gasteiger partial charge in [0.05, 0.1) is 0 Å². The first kappa shape index (κ1) is 28.0. The Labute approximate surface area is 181 Å². The molecular weight excluding hydrogens is 336 g/mol. The van der Waals surface area contributed by atoms with Crippen LogP contribution in [0.5, 0.6) is 0 Å². The van der Waals surface area contributed by atoms with E-state index in [1.165, 1.54) is 141 Å². The molecule has 0 saturated carbocycles. The van der Waals surface area contributed by atoms with Gasteiger partial charge in [-0.3, -0.25) is 0 Å². The molecule has 0 spiro atoms. The van der Waals surface area contributed by atoms with Crippen LogP contribution in [0.15, 0.2) is 0 Å². The zero-order valence-corrected chi connectivity index (χ0v) is 20.7. The third-order valence-corrected chi connectivity index (χ3v) is 7.06. The van der Waals surface area contributed by atoms with Crippen molar-refractivity contribution in [2.45, 2.75) is 169 Å². The molecule has 0 nitrogen and oxygen atoms in total. The van der Waals surface area contributed by atoms with Crippen molar-refractivity contribution in [2.75, 3.05) is 0 Å². The average Bonchev–Trinajstić information content (AvgIpc) is 2.72. The highest BCUT2D eigenvalue weighted by atomic mass is 14.1. The molecule has 28 heavy (non-hydrogen) atoms. The Kier molecular flexibility index (Phi) is 23.3. The minimum Gasteiger partial charge on any atom is -0.0654 e. The van der Waals surface area contributed by atoms with Gasteiger partial charge in [0.2, 0.25) is 0 Å². The number of hydrogen-bond acceptors (Lipinski definition) is 0. The summed E-state index contributed by atoms with van der Waals surface area (Å²) in [6, 6.07) is 0. The Bertz CT molecular complexity index is 241. The predicted octanol–water partition coefficient (Wildman–Crippen LogP) is 10.9. The van der Waals surface area contributed by atoms with Crippen molar-refractivity contribution in [1.82, 2.24) is 0 Å². The summed E-state index contributed by atoms with van der Waals surface area (Å²) in [5, 5.41) is 0. The highest BCUT2D eigenvalue weighted by molar-refractivity contribution is 4.59. The molecule has 0 aliphatic carbocycles. The Balaban J connectivity index is 3.25. The van der Waals surface area contributed by atoms with Crippen LogP contribution < -0.4 is 0 Å². The van der Waals surface area contributed by atoms with Gasteiger partial charge in [0.1, 0.15) is 0 Å². The first-order valence-corrected chi connectivity index (χ1v) is 13.8. The van der Waals surface area contributed by atoms with E-state index in [9.17, 15) is 0 Å². The van der Waals surface area contributed by atoms with Crippen molar-refractivity contribution in [3.05, 3.63) is 0 Å². The number of unbranched alkanes of at least 4 members (excludes halogenated alkanes) is 13. The first-order valence-electron chi connectivity index (χ1n) is 13.8. The van der Waals surface area contributed by atoms with E-state index in [-0.39, 0.29) is 0 Å². The predicted molar refractivity (Wildman–Crippen MR) is 131 cm³/mol. The van der Waals surface area contributed by atoms with Crippen LogP contribution in [-0.2, 0) is 0 Å². The molecule has 0 fully saturated rings. The minimum atomic E-state index is 1.02. The normalized spacial score (nSPS) is 13.7. The van der Waals surface area contributed by atoms with Crippen LogP contribution in [0.4, 0.5) is 0 Å². The second kappa shape index (κ2) is 23.3. The van der Waals surface area contributed by atoms with E-state index in [0.717, 1.165) is 11.8 Å². The Hall–Kier alpha value is 0. The quantitative estimate of drug-likeness (QED) is 0.151. The van der Waals surface area contributed by atoms with E-state index in [4.69, 9.17) is 0 Å². The second-order valence-corrected chi connectivity index (χ2v) is 9.65. The molecule has 0 bridgehead atoms. The molecule has 0 heterocycles. The first-order chi connectivity index (χ1) is 13.8. The van der Waals surface area contributed by atoms with E-state index in [0.29, 0.717) is 0 Å². The molecule has 0 heteroatoms. The van der Waals surface area contributed by atoms with Crippen molar-refractivity contribution < 1.29 is 0 Å². The summed E-state index contributed by atoms with van der Waals surface area (Å²) in [5.41, 5.74) is 0. The molecule has 0 N–H and O–H groups in total. The molecule has 0 aliphatic rings. The molecule has 170 valence electrons. The van der Waals surface area contributed by atoms with Gasteiger partial charge in [-0.1, -0.05) is 169 Å². The van der Waals surface area contributed by atoms with Gasteiger partial charge in [-0.25, -0.2) is 0 Å². The van der Waals surface area contributed by atoms with Gasteiger partial charge in [0, 0.05) is 0 Å². The van der Waals surface area contributed by atoms with Crippen molar-refractivity contribution >= 4 is 0 Å². The van der Waals surface area contributed by atoms with Crippen LogP contribution in [0.3, 0.4) is 0 Å². The molecule has 0 radical (unpaired) electrons. The van der Waals surface area contributed by atoms with Crippen LogP contribution in [-0.4, -0.2) is 0 Å². The Morgan fingerprint density at radius 2 is 0.571 bits per heavy atom. The van der Waals surface area contributed by atoms with Gasteiger partial charge in [0.25, 0.3) is 0 Å². The average molecular weight is 395 g/mol.